The van der Waals surface area contributed by atoms with E-state index in [1.165, 1.54) is 5.56 Å². The van der Waals surface area contributed by atoms with Gasteiger partial charge in [0, 0.05) is 11.4 Å². The number of rotatable bonds is 5. The van der Waals surface area contributed by atoms with Gasteiger partial charge in [-0.05, 0) is 62.2 Å². The van der Waals surface area contributed by atoms with E-state index in [1.54, 1.807) is 4.90 Å². The van der Waals surface area contributed by atoms with Gasteiger partial charge in [0.25, 0.3) is 0 Å². The summed E-state index contributed by atoms with van der Waals surface area (Å²) >= 11 is 0. The highest BCUT2D eigenvalue weighted by atomic mass is 16.2. The van der Waals surface area contributed by atoms with Crippen LogP contribution in [0.1, 0.15) is 25.3 Å². The van der Waals surface area contributed by atoms with Gasteiger partial charge in [-0.3, -0.25) is 9.59 Å². The van der Waals surface area contributed by atoms with Crippen LogP contribution in [0.2, 0.25) is 0 Å². The van der Waals surface area contributed by atoms with Crippen LogP contribution >= 0.6 is 0 Å². The molecule has 2 aromatic rings. The van der Waals surface area contributed by atoms with E-state index in [0.29, 0.717) is 6.67 Å². The van der Waals surface area contributed by atoms with Crippen LogP contribution in [0.3, 0.4) is 0 Å². The average Bonchev–Trinajstić information content (AvgIpc) is 3.01. The first-order valence-electron chi connectivity index (χ1n) is 10.3. The largest absolute Gasteiger partial charge is 0.339 e. The van der Waals surface area contributed by atoms with Crippen molar-refractivity contribution in [2.24, 2.45) is 0 Å². The van der Waals surface area contributed by atoms with E-state index >= 15 is 0 Å². The third-order valence-electron chi connectivity index (χ3n) is 5.99. The molecule has 2 aliphatic rings. The van der Waals surface area contributed by atoms with Gasteiger partial charge in [-0.15, -0.1) is 0 Å². The summed E-state index contributed by atoms with van der Waals surface area (Å²) in [5, 5.41) is 6.27. The van der Waals surface area contributed by atoms with Crippen molar-refractivity contribution < 1.29 is 9.59 Å². The highest BCUT2D eigenvalue weighted by molar-refractivity contribution is 5.99. The first-order valence-corrected chi connectivity index (χ1v) is 10.3. The summed E-state index contributed by atoms with van der Waals surface area (Å²) in [5.41, 5.74) is 2.45. The van der Waals surface area contributed by atoms with Crippen LogP contribution in [0.5, 0.6) is 0 Å². The van der Waals surface area contributed by atoms with Crippen molar-refractivity contribution in [1.82, 2.24) is 10.2 Å². The molecule has 0 aromatic heterocycles. The summed E-state index contributed by atoms with van der Waals surface area (Å²) in [7, 11) is 0. The van der Waals surface area contributed by atoms with Gasteiger partial charge in [0.1, 0.15) is 12.1 Å². The molecule has 0 radical (unpaired) electrons. The van der Waals surface area contributed by atoms with E-state index in [2.05, 4.69) is 22.5 Å². The van der Waals surface area contributed by atoms with E-state index in [-0.39, 0.29) is 18.4 Å². The van der Waals surface area contributed by atoms with Crippen molar-refractivity contribution in [3.8, 4) is 0 Å². The van der Waals surface area contributed by atoms with E-state index in [4.69, 9.17) is 0 Å². The topological polar surface area (TPSA) is 64.7 Å². The predicted molar refractivity (Wildman–Crippen MR) is 115 cm³/mol. The Morgan fingerprint density at radius 2 is 1.76 bits per heavy atom. The Hall–Kier alpha value is -2.86. The normalized spacial score (nSPS) is 18.3. The van der Waals surface area contributed by atoms with Gasteiger partial charge in [-0.25, -0.2) is 0 Å². The summed E-state index contributed by atoms with van der Waals surface area (Å²) in [4.78, 5) is 29.9. The lowest BCUT2D eigenvalue weighted by Crippen LogP contribution is -2.55. The van der Waals surface area contributed by atoms with E-state index in [1.807, 2.05) is 54.6 Å². The van der Waals surface area contributed by atoms with Crippen LogP contribution in [-0.2, 0) is 16.0 Å². The van der Waals surface area contributed by atoms with Gasteiger partial charge in [-0.2, -0.15) is 0 Å². The van der Waals surface area contributed by atoms with Crippen molar-refractivity contribution in [2.45, 2.75) is 31.7 Å². The monoisotopic (exact) mass is 392 g/mol. The summed E-state index contributed by atoms with van der Waals surface area (Å²) < 4.78 is 0. The second-order valence-corrected chi connectivity index (χ2v) is 7.79. The molecule has 2 fully saturated rings. The van der Waals surface area contributed by atoms with Crippen molar-refractivity contribution in [2.75, 3.05) is 36.5 Å². The molecule has 4 rings (SSSR count). The first kappa shape index (κ1) is 19.5. The predicted octanol–water partition coefficient (Wildman–Crippen LogP) is 2.62. The fourth-order valence-electron chi connectivity index (χ4n) is 4.36. The maximum Gasteiger partial charge on any atom is 0.250 e. The molecule has 152 valence electrons. The molecule has 0 saturated carbocycles. The highest BCUT2D eigenvalue weighted by Crippen LogP contribution is 2.37. The third-order valence-corrected chi connectivity index (χ3v) is 5.99. The molecule has 2 saturated heterocycles. The number of amides is 2. The Kier molecular flexibility index (Phi) is 5.53. The maximum absolute atomic E-state index is 13.4. The number of hydrogen-bond donors (Lipinski definition) is 2. The molecule has 2 N–H and O–H groups in total. The molecule has 1 spiro atoms. The number of carbonyl (C=O) groups is 2. The van der Waals surface area contributed by atoms with Gasteiger partial charge < -0.3 is 20.4 Å². The lowest BCUT2D eigenvalue weighted by Gasteiger charge is -2.40. The molecule has 6 heteroatoms. The van der Waals surface area contributed by atoms with Gasteiger partial charge in [0.05, 0.1) is 6.67 Å². The first-order chi connectivity index (χ1) is 14.1. The number of hydrogen-bond acceptors (Lipinski definition) is 4. The average molecular weight is 393 g/mol. The quantitative estimate of drug-likeness (QED) is 0.821. The molecule has 6 nitrogen and oxygen atoms in total. The number of carbonyl (C=O) groups excluding carboxylic acids is 2. The molecule has 2 amide bonds. The Morgan fingerprint density at radius 1 is 1.07 bits per heavy atom. The fraction of sp³-hybridized carbons (Fsp3) is 0.391. The van der Waals surface area contributed by atoms with Crippen LogP contribution in [-0.4, -0.2) is 48.6 Å². The Morgan fingerprint density at radius 3 is 2.41 bits per heavy atom. The van der Waals surface area contributed by atoms with E-state index < -0.39 is 5.54 Å². The summed E-state index contributed by atoms with van der Waals surface area (Å²) in [6.07, 6.45) is 2.46. The van der Waals surface area contributed by atoms with Crippen LogP contribution in [0, 0.1) is 0 Å². The molecule has 0 aliphatic carbocycles. The van der Waals surface area contributed by atoms with Gasteiger partial charge in [0.15, 0.2) is 0 Å². The number of aryl methyl sites for hydroxylation is 1. The second kappa shape index (κ2) is 8.25. The minimum atomic E-state index is -0.560. The fourth-order valence-corrected chi connectivity index (χ4v) is 4.36. The number of nitrogens with one attached hydrogen (secondary N) is 2. The number of nitrogens with zero attached hydrogens (tertiary/aromatic N) is 2. The van der Waals surface area contributed by atoms with Crippen molar-refractivity contribution in [3.63, 3.8) is 0 Å². The molecule has 2 heterocycles. The maximum atomic E-state index is 13.4. The third kappa shape index (κ3) is 3.85. The minimum Gasteiger partial charge on any atom is -0.339 e. The van der Waals surface area contributed by atoms with E-state index in [0.717, 1.165) is 43.7 Å². The molecule has 29 heavy (non-hydrogen) atoms. The Balaban J connectivity index is 1.50. The number of para-hydroxylation sites is 1. The van der Waals surface area contributed by atoms with E-state index in [9.17, 15) is 9.59 Å². The molecule has 0 unspecified atom stereocenters. The zero-order chi connectivity index (χ0) is 20.3. The summed E-state index contributed by atoms with van der Waals surface area (Å²) in [5.74, 6) is -0.110. The number of benzene rings is 2. The molecule has 2 aliphatic heterocycles. The lowest BCUT2D eigenvalue weighted by atomic mass is 9.86. The van der Waals surface area contributed by atoms with Crippen LogP contribution in [0.25, 0.3) is 0 Å². The number of piperidine rings is 1. The van der Waals surface area contributed by atoms with Crippen LogP contribution < -0.4 is 15.5 Å². The second-order valence-electron chi connectivity index (χ2n) is 7.79. The van der Waals surface area contributed by atoms with Gasteiger partial charge >= 0.3 is 0 Å². The Bertz CT molecular complexity index is 860. The molecule has 0 atom stereocenters. The van der Waals surface area contributed by atoms with Crippen molar-refractivity contribution in [1.29, 1.82) is 0 Å². The van der Waals surface area contributed by atoms with Gasteiger partial charge in [-0.1, -0.05) is 37.3 Å². The standard InChI is InChI=1S/C23H28N4O2/c1-2-18-8-10-19(11-9-18)25-21(28)16-26-17-27(20-6-4-3-5-7-20)23(22(26)29)12-14-24-15-13-23/h3-11,24H,2,12-17H2,1H3,(H,25,28). The van der Waals surface area contributed by atoms with Crippen molar-refractivity contribution in [3.05, 3.63) is 60.2 Å². The molecular formula is C23H28N4O2. The SMILES string of the molecule is CCc1ccc(NC(=O)CN2CN(c3ccccc3)C3(CCNCC3)C2=O)cc1. The minimum absolute atomic E-state index is 0.0549. The zero-order valence-corrected chi connectivity index (χ0v) is 16.9. The van der Waals surface area contributed by atoms with Crippen LogP contribution in [0.15, 0.2) is 54.6 Å². The molecular weight excluding hydrogens is 364 g/mol. The van der Waals surface area contributed by atoms with Crippen molar-refractivity contribution >= 4 is 23.2 Å². The van der Waals surface area contributed by atoms with Gasteiger partial charge in [0.2, 0.25) is 11.8 Å². The van der Waals surface area contributed by atoms with Crippen LogP contribution in [0.4, 0.5) is 11.4 Å². The lowest BCUT2D eigenvalue weighted by molar-refractivity contribution is -0.135. The Labute approximate surface area is 171 Å². The number of anilines is 2. The summed E-state index contributed by atoms with van der Waals surface area (Å²) in [6.45, 7) is 4.21. The smallest absolute Gasteiger partial charge is 0.250 e. The zero-order valence-electron chi connectivity index (χ0n) is 16.9. The molecule has 2 aromatic carbocycles. The molecule has 0 bridgehead atoms. The highest BCUT2D eigenvalue weighted by Gasteiger charge is 2.53. The summed E-state index contributed by atoms with van der Waals surface area (Å²) in [6, 6.07) is 17.9.